The molecule has 0 aliphatic carbocycles. The number of esters is 1. The molecule has 0 amide bonds. The number of nitrogens with zero attached hydrogens (tertiary/aromatic N) is 2. The molecule has 1 aromatic heterocycles. The van der Waals surface area contributed by atoms with Crippen LogP contribution in [0.25, 0.3) is 6.08 Å². The largest absolute Gasteiger partial charge is 0.465 e. The first kappa shape index (κ1) is 14.9. The Labute approximate surface area is 127 Å². The van der Waals surface area contributed by atoms with Crippen LogP contribution in [0, 0.1) is 6.92 Å². The molecule has 1 heterocycles. The van der Waals surface area contributed by atoms with Crippen LogP contribution in [0.1, 0.15) is 20.9 Å². The van der Waals surface area contributed by atoms with Crippen molar-refractivity contribution in [2.45, 2.75) is 6.92 Å². The van der Waals surface area contributed by atoms with Crippen molar-refractivity contribution in [3.05, 3.63) is 52.5 Å². The fourth-order valence-corrected chi connectivity index (χ4v) is 2.41. The average Bonchev–Trinajstić information content (AvgIpc) is 2.88. The van der Waals surface area contributed by atoms with Crippen LogP contribution in [0.3, 0.4) is 0 Å². The number of aryl methyl sites for hydroxylation is 1. The number of thiazole rings is 1. The molecule has 0 atom stereocenters. The van der Waals surface area contributed by atoms with Crippen molar-refractivity contribution in [2.75, 3.05) is 12.5 Å². The number of carbonyl (C=O) groups excluding carboxylic acids is 1. The molecule has 2 rings (SSSR count). The molecule has 0 aliphatic heterocycles. The van der Waals surface area contributed by atoms with Crippen LogP contribution in [0.15, 0.2) is 41.5 Å². The number of ether oxygens (including phenoxy) is 1. The van der Waals surface area contributed by atoms with Gasteiger partial charge < -0.3 is 4.74 Å². The predicted molar refractivity (Wildman–Crippen MR) is 85.8 cm³/mol. The highest BCUT2D eigenvalue weighted by Crippen LogP contribution is 2.22. The van der Waals surface area contributed by atoms with Gasteiger partial charge in [0.1, 0.15) is 4.88 Å². The Morgan fingerprint density at radius 1 is 1.38 bits per heavy atom. The zero-order valence-electron chi connectivity index (χ0n) is 11.7. The van der Waals surface area contributed by atoms with E-state index >= 15 is 0 Å². The van der Waals surface area contributed by atoms with Gasteiger partial charge in [0.25, 0.3) is 0 Å². The molecule has 5 nitrogen and oxygen atoms in total. The normalized spacial score (nSPS) is 11.1. The van der Waals surface area contributed by atoms with E-state index in [-0.39, 0.29) is 5.97 Å². The number of rotatable bonds is 5. The van der Waals surface area contributed by atoms with E-state index in [9.17, 15) is 4.79 Å². The number of nitrogens with one attached hydrogen (secondary N) is 1. The third-order valence-electron chi connectivity index (χ3n) is 2.58. The fourth-order valence-electron chi connectivity index (χ4n) is 1.58. The molecule has 0 aliphatic rings. The first-order valence-corrected chi connectivity index (χ1v) is 7.09. The van der Waals surface area contributed by atoms with Gasteiger partial charge in [0.05, 0.1) is 12.8 Å². The SMILES string of the molecule is COC(=O)c1sc(NN=CC=Cc2ccccc2)nc1C. The highest BCUT2D eigenvalue weighted by molar-refractivity contribution is 7.17. The lowest BCUT2D eigenvalue weighted by atomic mass is 10.2. The molecule has 108 valence electrons. The molecule has 0 fully saturated rings. The number of aromatic nitrogens is 1. The summed E-state index contributed by atoms with van der Waals surface area (Å²) >= 11 is 1.21. The summed E-state index contributed by atoms with van der Waals surface area (Å²) < 4.78 is 4.68. The van der Waals surface area contributed by atoms with Gasteiger partial charge in [-0.2, -0.15) is 5.10 Å². The maximum Gasteiger partial charge on any atom is 0.350 e. The van der Waals surface area contributed by atoms with Crippen molar-refractivity contribution in [2.24, 2.45) is 5.10 Å². The van der Waals surface area contributed by atoms with Gasteiger partial charge in [0.15, 0.2) is 0 Å². The molecule has 0 unspecified atom stereocenters. The van der Waals surface area contributed by atoms with Crippen molar-refractivity contribution in [1.29, 1.82) is 0 Å². The summed E-state index contributed by atoms with van der Waals surface area (Å²) in [7, 11) is 1.35. The smallest absolute Gasteiger partial charge is 0.350 e. The first-order chi connectivity index (χ1) is 10.2. The molecule has 0 spiro atoms. The summed E-state index contributed by atoms with van der Waals surface area (Å²) in [5.74, 6) is -0.383. The number of hydrazone groups is 1. The summed E-state index contributed by atoms with van der Waals surface area (Å²) in [6.45, 7) is 1.76. The Balaban J connectivity index is 1.93. The van der Waals surface area contributed by atoms with E-state index in [0.29, 0.717) is 15.7 Å². The van der Waals surface area contributed by atoms with Crippen molar-refractivity contribution in [3.8, 4) is 0 Å². The van der Waals surface area contributed by atoms with Gasteiger partial charge >= 0.3 is 5.97 Å². The molecule has 1 N–H and O–H groups in total. The van der Waals surface area contributed by atoms with E-state index < -0.39 is 0 Å². The van der Waals surface area contributed by atoms with Gasteiger partial charge in [-0.1, -0.05) is 47.7 Å². The van der Waals surface area contributed by atoms with E-state index in [0.717, 1.165) is 5.56 Å². The molecule has 0 radical (unpaired) electrons. The number of hydrogen-bond donors (Lipinski definition) is 1. The van der Waals surface area contributed by atoms with Crippen molar-refractivity contribution in [3.63, 3.8) is 0 Å². The van der Waals surface area contributed by atoms with Gasteiger partial charge in [-0.25, -0.2) is 9.78 Å². The third kappa shape index (κ3) is 4.25. The Hall–Kier alpha value is -2.47. The van der Waals surface area contributed by atoms with Crippen LogP contribution in [0.2, 0.25) is 0 Å². The van der Waals surface area contributed by atoms with Crippen LogP contribution < -0.4 is 5.43 Å². The van der Waals surface area contributed by atoms with Gasteiger partial charge in [0.2, 0.25) is 5.13 Å². The Morgan fingerprint density at radius 3 is 2.86 bits per heavy atom. The van der Waals surface area contributed by atoms with Crippen LogP contribution in [-0.2, 0) is 4.74 Å². The van der Waals surface area contributed by atoms with Crippen LogP contribution in [-0.4, -0.2) is 24.3 Å². The van der Waals surface area contributed by atoms with E-state index in [1.807, 2.05) is 42.5 Å². The topological polar surface area (TPSA) is 63.6 Å². The van der Waals surface area contributed by atoms with Crippen LogP contribution in [0.5, 0.6) is 0 Å². The monoisotopic (exact) mass is 301 g/mol. The van der Waals surface area contributed by atoms with E-state index in [2.05, 4.69) is 20.2 Å². The van der Waals surface area contributed by atoms with Gasteiger partial charge in [-0.15, -0.1) is 0 Å². The number of allylic oxidation sites excluding steroid dienone is 1. The minimum absolute atomic E-state index is 0.383. The van der Waals surface area contributed by atoms with Gasteiger partial charge in [-0.05, 0) is 18.6 Å². The van der Waals surface area contributed by atoms with Crippen LogP contribution >= 0.6 is 11.3 Å². The maximum absolute atomic E-state index is 11.5. The van der Waals surface area contributed by atoms with Gasteiger partial charge in [0, 0.05) is 6.21 Å². The predicted octanol–water partition coefficient (Wildman–Crippen LogP) is 3.35. The lowest BCUT2D eigenvalue weighted by Gasteiger charge is -1.93. The Bertz CT molecular complexity index is 663. The summed E-state index contributed by atoms with van der Waals surface area (Å²) in [6.07, 6.45) is 5.39. The minimum atomic E-state index is -0.383. The Kier molecular flexibility index (Phi) is 5.22. The number of hydrogen-bond acceptors (Lipinski definition) is 6. The second-order valence-corrected chi connectivity index (χ2v) is 5.08. The average molecular weight is 301 g/mol. The maximum atomic E-state index is 11.5. The lowest BCUT2D eigenvalue weighted by Crippen LogP contribution is -1.99. The second kappa shape index (κ2) is 7.35. The summed E-state index contributed by atoms with van der Waals surface area (Å²) in [5, 5.41) is 4.58. The molecule has 2 aromatic rings. The van der Waals surface area contributed by atoms with Crippen molar-refractivity contribution >= 4 is 34.7 Å². The number of anilines is 1. The standard InChI is InChI=1S/C15H15N3O2S/c1-11-13(14(19)20-2)21-15(17-11)18-16-10-6-9-12-7-4-3-5-8-12/h3-10H,1-2H3,(H,17,18). The molecule has 21 heavy (non-hydrogen) atoms. The summed E-state index contributed by atoms with van der Waals surface area (Å²) in [4.78, 5) is 16.1. The summed E-state index contributed by atoms with van der Waals surface area (Å²) in [5.41, 5.74) is 4.52. The molecule has 1 aromatic carbocycles. The summed E-state index contributed by atoms with van der Waals surface area (Å²) in [6, 6.07) is 9.93. The highest BCUT2D eigenvalue weighted by atomic mass is 32.1. The van der Waals surface area contributed by atoms with Crippen molar-refractivity contribution in [1.82, 2.24) is 4.98 Å². The number of benzene rings is 1. The number of carbonyl (C=O) groups is 1. The third-order valence-corrected chi connectivity index (χ3v) is 3.62. The zero-order valence-corrected chi connectivity index (χ0v) is 12.6. The molecular weight excluding hydrogens is 286 g/mol. The Morgan fingerprint density at radius 2 is 2.14 bits per heavy atom. The first-order valence-electron chi connectivity index (χ1n) is 6.27. The number of methoxy groups -OCH3 is 1. The van der Waals surface area contributed by atoms with Gasteiger partial charge in [-0.3, -0.25) is 5.43 Å². The van der Waals surface area contributed by atoms with Crippen molar-refractivity contribution < 1.29 is 9.53 Å². The van der Waals surface area contributed by atoms with Crippen LogP contribution in [0.4, 0.5) is 5.13 Å². The highest BCUT2D eigenvalue weighted by Gasteiger charge is 2.14. The molecule has 0 saturated heterocycles. The molecular formula is C15H15N3O2S. The van der Waals surface area contributed by atoms with E-state index in [4.69, 9.17) is 0 Å². The minimum Gasteiger partial charge on any atom is -0.465 e. The quantitative estimate of drug-likeness (QED) is 0.522. The fraction of sp³-hybridized carbons (Fsp3) is 0.133. The molecule has 0 bridgehead atoms. The second-order valence-electron chi connectivity index (χ2n) is 4.08. The van der Waals surface area contributed by atoms with E-state index in [1.165, 1.54) is 18.4 Å². The van der Waals surface area contributed by atoms with E-state index in [1.54, 1.807) is 13.1 Å². The molecule has 0 saturated carbocycles. The molecule has 6 heteroatoms. The zero-order chi connectivity index (χ0) is 15.1. The lowest BCUT2D eigenvalue weighted by molar-refractivity contribution is 0.0605.